The number of hydrogen-bond acceptors (Lipinski definition) is 1. The molecule has 0 aliphatic rings. The molecule has 0 aliphatic carbocycles. The van der Waals surface area contributed by atoms with E-state index in [1.807, 2.05) is 28.1 Å². The van der Waals surface area contributed by atoms with E-state index in [4.69, 9.17) is 11.6 Å². The first-order chi connectivity index (χ1) is 6.16. The Morgan fingerprint density at radius 1 is 1.43 bits per heavy atom. The van der Waals surface area contributed by atoms with E-state index in [1.54, 1.807) is 6.92 Å². The number of rotatable bonds is 4. The van der Waals surface area contributed by atoms with Crippen LogP contribution in [0.4, 0.5) is 0 Å². The lowest BCUT2D eigenvalue weighted by Crippen LogP contribution is -2.59. The molecular formula is C10H20ClN2O+. The van der Waals surface area contributed by atoms with Crippen LogP contribution in [-0.4, -0.2) is 43.1 Å². The lowest BCUT2D eigenvalue weighted by Gasteiger charge is -2.36. The molecule has 0 aliphatic heterocycles. The molecule has 0 saturated carbocycles. The van der Waals surface area contributed by atoms with Crippen molar-refractivity contribution >= 4 is 17.5 Å². The van der Waals surface area contributed by atoms with E-state index < -0.39 is 0 Å². The van der Waals surface area contributed by atoms with Crippen molar-refractivity contribution in [1.29, 1.82) is 0 Å². The fraction of sp³-hybridized carbons (Fsp3) is 0.700. The predicted octanol–water partition coefficient (Wildman–Crippen LogP) is 1.34. The predicted molar refractivity (Wildman–Crippen MR) is 60.1 cm³/mol. The van der Waals surface area contributed by atoms with Crippen LogP contribution in [0.3, 0.4) is 0 Å². The highest BCUT2D eigenvalue weighted by Crippen LogP contribution is 2.10. The standard InChI is InChI=1S/C10H19ClN2O/c1-7(2)10(14)12-9(8(3)11)13(4,5)6/h8-9H,1H2,2-6H3/p+1. The van der Waals surface area contributed by atoms with Crippen LogP contribution in [0.5, 0.6) is 0 Å². The van der Waals surface area contributed by atoms with Crippen LogP contribution in [0.25, 0.3) is 0 Å². The zero-order valence-corrected chi connectivity index (χ0v) is 10.4. The van der Waals surface area contributed by atoms with Crippen molar-refractivity contribution in [2.45, 2.75) is 25.4 Å². The Hall–Kier alpha value is -0.540. The molecule has 4 heteroatoms. The molecule has 0 rings (SSSR count). The fourth-order valence-electron chi connectivity index (χ4n) is 1.18. The Balaban J connectivity index is 4.56. The molecule has 0 aromatic heterocycles. The Kier molecular flexibility index (Phi) is 4.62. The molecule has 0 spiro atoms. The summed E-state index contributed by atoms with van der Waals surface area (Å²) in [5, 5.41) is 2.73. The molecule has 2 atom stereocenters. The van der Waals surface area contributed by atoms with E-state index in [2.05, 4.69) is 11.9 Å². The highest BCUT2D eigenvalue weighted by molar-refractivity contribution is 6.20. The molecule has 0 bridgehead atoms. The van der Waals surface area contributed by atoms with E-state index in [1.165, 1.54) is 0 Å². The third-order valence-electron chi connectivity index (χ3n) is 1.94. The zero-order chi connectivity index (χ0) is 11.5. The third kappa shape index (κ3) is 4.11. The first-order valence-electron chi connectivity index (χ1n) is 4.58. The first kappa shape index (κ1) is 13.5. The molecule has 0 heterocycles. The summed E-state index contributed by atoms with van der Waals surface area (Å²) < 4.78 is 0.587. The van der Waals surface area contributed by atoms with Gasteiger partial charge in [-0.3, -0.25) is 4.79 Å². The van der Waals surface area contributed by atoms with Crippen molar-refractivity contribution in [3.8, 4) is 0 Å². The molecule has 0 aromatic rings. The Labute approximate surface area is 91.3 Å². The van der Waals surface area contributed by atoms with Gasteiger partial charge in [0, 0.05) is 5.57 Å². The maximum Gasteiger partial charge on any atom is 0.250 e. The average molecular weight is 220 g/mol. The lowest BCUT2D eigenvalue weighted by molar-refractivity contribution is -0.897. The highest BCUT2D eigenvalue weighted by atomic mass is 35.5. The SMILES string of the molecule is C=C(C)C(=O)NC(C(C)Cl)[N+](C)(C)C. The van der Waals surface area contributed by atoms with Gasteiger partial charge in [-0.05, 0) is 13.8 Å². The Morgan fingerprint density at radius 2 is 1.86 bits per heavy atom. The Morgan fingerprint density at radius 3 is 2.07 bits per heavy atom. The van der Waals surface area contributed by atoms with Gasteiger partial charge in [0.05, 0.1) is 21.1 Å². The van der Waals surface area contributed by atoms with Crippen molar-refractivity contribution in [3.63, 3.8) is 0 Å². The number of alkyl halides is 1. The van der Waals surface area contributed by atoms with Crippen LogP contribution in [0.2, 0.25) is 0 Å². The number of amides is 1. The minimum Gasteiger partial charge on any atom is -0.310 e. The van der Waals surface area contributed by atoms with Gasteiger partial charge >= 0.3 is 0 Å². The second kappa shape index (κ2) is 4.80. The maximum absolute atomic E-state index is 11.4. The van der Waals surface area contributed by atoms with Gasteiger partial charge in [-0.2, -0.15) is 0 Å². The van der Waals surface area contributed by atoms with E-state index >= 15 is 0 Å². The molecular weight excluding hydrogens is 200 g/mol. The van der Waals surface area contributed by atoms with Crippen molar-refractivity contribution in [2.75, 3.05) is 21.1 Å². The summed E-state index contributed by atoms with van der Waals surface area (Å²) in [5.41, 5.74) is 0.501. The summed E-state index contributed by atoms with van der Waals surface area (Å²) in [5.74, 6) is -0.143. The van der Waals surface area contributed by atoms with Gasteiger partial charge in [0.2, 0.25) is 0 Å². The molecule has 0 aromatic carbocycles. The first-order valence-corrected chi connectivity index (χ1v) is 5.01. The number of nitrogens with zero attached hydrogens (tertiary/aromatic N) is 1. The molecule has 0 saturated heterocycles. The number of halogens is 1. The molecule has 0 fully saturated rings. The summed E-state index contributed by atoms with van der Waals surface area (Å²) in [6.45, 7) is 7.14. The largest absolute Gasteiger partial charge is 0.310 e. The van der Waals surface area contributed by atoms with Gasteiger partial charge in [0.15, 0.2) is 6.17 Å². The number of nitrogens with one attached hydrogen (secondary N) is 1. The summed E-state index contributed by atoms with van der Waals surface area (Å²) >= 11 is 6.02. The van der Waals surface area contributed by atoms with Crippen molar-refractivity contribution in [3.05, 3.63) is 12.2 Å². The quantitative estimate of drug-likeness (QED) is 0.329. The summed E-state index contributed by atoms with van der Waals surface area (Å²) in [7, 11) is 5.97. The number of quaternary nitrogens is 1. The average Bonchev–Trinajstić information content (AvgIpc) is 1.96. The van der Waals surface area contributed by atoms with Crippen LogP contribution in [0.1, 0.15) is 13.8 Å². The van der Waals surface area contributed by atoms with Crippen molar-refractivity contribution in [1.82, 2.24) is 5.32 Å². The van der Waals surface area contributed by atoms with E-state index in [0.29, 0.717) is 10.1 Å². The fourth-order valence-corrected chi connectivity index (χ4v) is 1.58. The summed E-state index contributed by atoms with van der Waals surface area (Å²) in [6, 6.07) is 0. The van der Waals surface area contributed by atoms with E-state index in [-0.39, 0.29) is 17.5 Å². The minimum atomic E-state index is -0.143. The molecule has 1 N–H and O–H groups in total. The molecule has 0 radical (unpaired) electrons. The van der Waals surface area contributed by atoms with Crippen LogP contribution in [0.15, 0.2) is 12.2 Å². The summed E-state index contributed by atoms with van der Waals surface area (Å²) in [6.07, 6.45) is -0.110. The third-order valence-corrected chi connectivity index (χ3v) is 2.17. The highest BCUT2D eigenvalue weighted by Gasteiger charge is 2.30. The number of carbonyl (C=O) groups excluding carboxylic acids is 1. The second-order valence-electron chi connectivity index (χ2n) is 4.49. The van der Waals surface area contributed by atoms with Crippen LogP contribution >= 0.6 is 11.6 Å². The summed E-state index contributed by atoms with van der Waals surface area (Å²) in [4.78, 5) is 11.4. The van der Waals surface area contributed by atoms with Crippen LogP contribution in [0, 0.1) is 0 Å². The van der Waals surface area contributed by atoms with Crippen LogP contribution in [-0.2, 0) is 4.79 Å². The molecule has 2 unspecified atom stereocenters. The van der Waals surface area contributed by atoms with Gasteiger partial charge in [-0.25, -0.2) is 0 Å². The number of hydrogen-bond donors (Lipinski definition) is 1. The molecule has 14 heavy (non-hydrogen) atoms. The van der Waals surface area contributed by atoms with Gasteiger partial charge in [-0.1, -0.05) is 6.58 Å². The van der Waals surface area contributed by atoms with Crippen LogP contribution < -0.4 is 5.32 Å². The van der Waals surface area contributed by atoms with Gasteiger partial charge < -0.3 is 9.80 Å². The molecule has 3 nitrogen and oxygen atoms in total. The van der Waals surface area contributed by atoms with E-state index in [0.717, 1.165) is 0 Å². The van der Waals surface area contributed by atoms with Crippen molar-refractivity contribution < 1.29 is 9.28 Å². The monoisotopic (exact) mass is 219 g/mol. The zero-order valence-electron chi connectivity index (χ0n) is 9.60. The minimum absolute atomic E-state index is 0.110. The second-order valence-corrected chi connectivity index (χ2v) is 5.18. The van der Waals surface area contributed by atoms with Gasteiger partial charge in [0.1, 0.15) is 5.38 Å². The molecule has 1 amide bonds. The molecule has 82 valence electrons. The van der Waals surface area contributed by atoms with Gasteiger partial charge in [-0.15, -0.1) is 11.6 Å². The Bertz CT molecular complexity index is 231. The number of carbonyl (C=O) groups is 1. The smallest absolute Gasteiger partial charge is 0.250 e. The van der Waals surface area contributed by atoms with Gasteiger partial charge in [0.25, 0.3) is 5.91 Å². The maximum atomic E-state index is 11.4. The topological polar surface area (TPSA) is 29.1 Å². The lowest BCUT2D eigenvalue weighted by atomic mass is 10.2. The normalized spacial score (nSPS) is 15.9. The van der Waals surface area contributed by atoms with Crippen molar-refractivity contribution in [2.24, 2.45) is 0 Å². The van der Waals surface area contributed by atoms with E-state index in [9.17, 15) is 4.79 Å².